The molecule has 0 radical (unpaired) electrons. The number of nitrogens with one attached hydrogen (secondary N) is 1. The summed E-state index contributed by atoms with van der Waals surface area (Å²) in [6.45, 7) is 3.04. The lowest BCUT2D eigenvalue weighted by Crippen LogP contribution is -2.42. The summed E-state index contributed by atoms with van der Waals surface area (Å²) in [4.78, 5) is 14.0. The van der Waals surface area contributed by atoms with Crippen molar-refractivity contribution in [3.05, 3.63) is 35.4 Å². The minimum Gasteiger partial charge on any atom is -0.354 e. The lowest BCUT2D eigenvalue weighted by atomic mass is 10.00. The number of hydrogen-bond donors (Lipinski definition) is 1. The third-order valence-corrected chi connectivity index (χ3v) is 5.15. The largest absolute Gasteiger partial charge is 0.354 e. The molecule has 1 N–H and O–H groups in total. The van der Waals surface area contributed by atoms with Crippen LogP contribution in [0.25, 0.3) is 0 Å². The molecule has 1 aliphatic rings. The van der Waals surface area contributed by atoms with Crippen LogP contribution in [0, 0.1) is 0 Å². The number of benzene rings is 1. The van der Waals surface area contributed by atoms with Crippen LogP contribution in [0.4, 0.5) is 0 Å². The molecule has 1 amide bonds. The number of hydrogen-bond acceptors (Lipinski definition) is 4. The Morgan fingerprint density at radius 3 is 2.68 bits per heavy atom. The highest BCUT2D eigenvalue weighted by molar-refractivity contribution is 7.88. The van der Waals surface area contributed by atoms with E-state index < -0.39 is 10.0 Å². The molecular weight excluding hydrogens is 302 g/mol. The van der Waals surface area contributed by atoms with Gasteiger partial charge in [0.05, 0.1) is 12.8 Å². The number of sulfonamides is 1. The third-order valence-electron chi connectivity index (χ3n) is 3.89. The van der Waals surface area contributed by atoms with Crippen molar-refractivity contribution < 1.29 is 13.2 Å². The van der Waals surface area contributed by atoms with Crippen LogP contribution in [0.2, 0.25) is 0 Å². The molecule has 6 nitrogen and oxygen atoms in total. The van der Waals surface area contributed by atoms with Gasteiger partial charge in [-0.25, -0.2) is 8.42 Å². The molecule has 122 valence electrons. The molecule has 7 heteroatoms. The van der Waals surface area contributed by atoms with E-state index in [0.717, 1.165) is 36.6 Å². The lowest BCUT2D eigenvalue weighted by molar-refractivity contribution is -0.121. The molecule has 0 aromatic heterocycles. The standard InChI is InChI=1S/C15H23N3O3S/c1-17(22(2,20)21)12-15(19)16-8-10-18-9-7-13-5-3-4-6-14(13)11-18/h3-6H,7-12H2,1-2H3,(H,16,19). The minimum atomic E-state index is -3.31. The van der Waals surface area contributed by atoms with Crippen LogP contribution in [0.5, 0.6) is 0 Å². The quantitative estimate of drug-likeness (QED) is 0.802. The van der Waals surface area contributed by atoms with Gasteiger partial charge >= 0.3 is 0 Å². The molecule has 0 spiro atoms. The second kappa shape index (κ2) is 7.21. The summed E-state index contributed by atoms with van der Waals surface area (Å²) in [6, 6.07) is 8.41. The molecule has 2 rings (SSSR count). The summed E-state index contributed by atoms with van der Waals surface area (Å²) < 4.78 is 23.5. The minimum absolute atomic E-state index is 0.137. The fourth-order valence-electron chi connectivity index (χ4n) is 2.47. The van der Waals surface area contributed by atoms with E-state index in [4.69, 9.17) is 0 Å². The second-order valence-corrected chi connectivity index (χ2v) is 7.75. The Kier molecular flexibility index (Phi) is 5.55. The van der Waals surface area contributed by atoms with Crippen molar-refractivity contribution in [3.8, 4) is 0 Å². The summed E-state index contributed by atoms with van der Waals surface area (Å²) in [5, 5.41) is 2.77. The van der Waals surface area contributed by atoms with Gasteiger partial charge in [-0.15, -0.1) is 0 Å². The summed E-state index contributed by atoms with van der Waals surface area (Å²) in [5.41, 5.74) is 2.74. The van der Waals surface area contributed by atoms with E-state index in [1.165, 1.54) is 18.2 Å². The molecule has 1 aromatic rings. The van der Waals surface area contributed by atoms with Gasteiger partial charge in [-0.1, -0.05) is 24.3 Å². The topological polar surface area (TPSA) is 69.7 Å². The van der Waals surface area contributed by atoms with Crippen LogP contribution in [0.3, 0.4) is 0 Å². The number of rotatable bonds is 6. The Morgan fingerprint density at radius 1 is 1.32 bits per heavy atom. The number of nitrogens with zero attached hydrogens (tertiary/aromatic N) is 2. The Hall–Kier alpha value is -1.44. The Bertz CT molecular complexity index is 631. The molecule has 1 aliphatic heterocycles. The highest BCUT2D eigenvalue weighted by Gasteiger charge is 2.17. The van der Waals surface area contributed by atoms with Crippen LogP contribution in [0.15, 0.2) is 24.3 Å². The predicted molar refractivity (Wildman–Crippen MR) is 85.9 cm³/mol. The third kappa shape index (κ3) is 4.79. The van der Waals surface area contributed by atoms with Gasteiger partial charge in [0.15, 0.2) is 0 Å². The lowest BCUT2D eigenvalue weighted by Gasteiger charge is -2.28. The first-order valence-corrected chi connectivity index (χ1v) is 9.18. The van der Waals surface area contributed by atoms with Crippen molar-refractivity contribution in [3.63, 3.8) is 0 Å². The Balaban J connectivity index is 1.73. The summed E-state index contributed by atoms with van der Waals surface area (Å²) in [6.07, 6.45) is 2.12. The zero-order valence-corrected chi connectivity index (χ0v) is 13.9. The molecule has 1 heterocycles. The molecular formula is C15H23N3O3S. The van der Waals surface area contributed by atoms with Gasteiger partial charge in [0.25, 0.3) is 0 Å². The monoisotopic (exact) mass is 325 g/mol. The number of carbonyl (C=O) groups excluding carboxylic acids is 1. The van der Waals surface area contributed by atoms with Gasteiger partial charge in [0, 0.05) is 33.2 Å². The molecule has 22 heavy (non-hydrogen) atoms. The Morgan fingerprint density at radius 2 is 2.00 bits per heavy atom. The smallest absolute Gasteiger partial charge is 0.235 e. The highest BCUT2D eigenvalue weighted by Crippen LogP contribution is 2.17. The first-order valence-electron chi connectivity index (χ1n) is 7.33. The van der Waals surface area contributed by atoms with Crippen molar-refractivity contribution in [2.75, 3.05) is 39.5 Å². The van der Waals surface area contributed by atoms with E-state index in [1.807, 2.05) is 6.07 Å². The first-order chi connectivity index (χ1) is 10.4. The van der Waals surface area contributed by atoms with E-state index in [0.29, 0.717) is 6.54 Å². The van der Waals surface area contributed by atoms with Crippen LogP contribution in [-0.2, 0) is 27.8 Å². The van der Waals surface area contributed by atoms with Crippen molar-refractivity contribution in [2.45, 2.75) is 13.0 Å². The zero-order chi connectivity index (χ0) is 16.2. The van der Waals surface area contributed by atoms with E-state index in [-0.39, 0.29) is 12.5 Å². The van der Waals surface area contributed by atoms with Gasteiger partial charge in [0.2, 0.25) is 15.9 Å². The van der Waals surface area contributed by atoms with Crippen LogP contribution in [-0.4, -0.2) is 63.0 Å². The van der Waals surface area contributed by atoms with Crippen molar-refractivity contribution in [1.82, 2.24) is 14.5 Å². The van der Waals surface area contributed by atoms with Crippen LogP contribution in [0.1, 0.15) is 11.1 Å². The van der Waals surface area contributed by atoms with Gasteiger partial charge in [0.1, 0.15) is 0 Å². The van der Waals surface area contributed by atoms with Crippen molar-refractivity contribution in [2.24, 2.45) is 0 Å². The van der Waals surface area contributed by atoms with Gasteiger partial charge in [-0.3, -0.25) is 9.69 Å². The van der Waals surface area contributed by atoms with Gasteiger partial charge in [-0.05, 0) is 17.5 Å². The van der Waals surface area contributed by atoms with E-state index in [1.54, 1.807) is 0 Å². The summed E-state index contributed by atoms with van der Waals surface area (Å²) in [7, 11) is -1.92. The molecule has 0 unspecified atom stereocenters. The summed E-state index contributed by atoms with van der Waals surface area (Å²) >= 11 is 0. The number of fused-ring (bicyclic) bond motifs is 1. The van der Waals surface area contributed by atoms with Gasteiger partial charge < -0.3 is 5.32 Å². The fourth-order valence-corrected chi connectivity index (χ4v) is 2.83. The van der Waals surface area contributed by atoms with E-state index >= 15 is 0 Å². The maximum absolute atomic E-state index is 11.7. The average Bonchev–Trinajstić information content (AvgIpc) is 2.46. The zero-order valence-electron chi connectivity index (χ0n) is 13.1. The van der Waals surface area contributed by atoms with Gasteiger partial charge in [-0.2, -0.15) is 4.31 Å². The second-order valence-electron chi connectivity index (χ2n) is 5.66. The Labute approximate surface area is 132 Å². The van der Waals surface area contributed by atoms with Crippen LogP contribution < -0.4 is 5.32 Å². The van der Waals surface area contributed by atoms with Crippen LogP contribution >= 0.6 is 0 Å². The van der Waals surface area contributed by atoms with E-state index in [2.05, 4.69) is 28.4 Å². The molecule has 1 aromatic carbocycles. The number of amides is 1. The predicted octanol–water partition coefficient (Wildman–Crippen LogP) is 0.0523. The maximum atomic E-state index is 11.7. The normalized spacial score (nSPS) is 15.6. The van der Waals surface area contributed by atoms with Crippen molar-refractivity contribution >= 4 is 15.9 Å². The number of likely N-dealkylation sites (N-methyl/N-ethyl adjacent to an activating group) is 1. The van der Waals surface area contributed by atoms with Crippen molar-refractivity contribution in [1.29, 1.82) is 0 Å². The van der Waals surface area contributed by atoms with E-state index in [9.17, 15) is 13.2 Å². The molecule has 0 bridgehead atoms. The molecule has 0 fully saturated rings. The fraction of sp³-hybridized carbons (Fsp3) is 0.533. The summed E-state index contributed by atoms with van der Waals surface area (Å²) in [5.74, 6) is -0.273. The molecule has 0 saturated carbocycles. The molecule has 0 aliphatic carbocycles. The molecule has 0 atom stereocenters. The maximum Gasteiger partial charge on any atom is 0.235 e. The molecule has 0 saturated heterocycles. The number of carbonyl (C=O) groups is 1. The first kappa shape index (κ1) is 16.9. The SMILES string of the molecule is CN(CC(=O)NCCN1CCc2ccccc2C1)S(C)(=O)=O. The average molecular weight is 325 g/mol. The highest BCUT2D eigenvalue weighted by atomic mass is 32.2.